The molecule has 0 saturated heterocycles. The van der Waals surface area contributed by atoms with Gasteiger partial charge in [-0.25, -0.2) is 9.07 Å². The molecule has 0 atom stereocenters. The number of carbonyl (C=O) groups is 1. The predicted octanol–water partition coefficient (Wildman–Crippen LogP) is 4.82. The van der Waals surface area contributed by atoms with Crippen molar-refractivity contribution in [3.8, 4) is 11.5 Å². The highest BCUT2D eigenvalue weighted by molar-refractivity contribution is 5.97. The fraction of sp³-hybridized carbons (Fsp3) is 0.440. The van der Waals surface area contributed by atoms with E-state index in [2.05, 4.69) is 29.2 Å². The summed E-state index contributed by atoms with van der Waals surface area (Å²) in [6.45, 7) is 8.23. The van der Waals surface area contributed by atoms with Crippen molar-refractivity contribution in [1.82, 2.24) is 24.6 Å². The minimum absolute atomic E-state index is 0.176. The summed E-state index contributed by atoms with van der Waals surface area (Å²) in [5.74, 6) is 0.0637. The smallest absolute Gasteiger partial charge is 0.256 e. The lowest BCUT2D eigenvalue weighted by molar-refractivity contribution is 0.0951. The minimum atomic E-state index is -0.349. The summed E-state index contributed by atoms with van der Waals surface area (Å²) >= 11 is 0. The van der Waals surface area contributed by atoms with Gasteiger partial charge in [0, 0.05) is 18.9 Å². The van der Waals surface area contributed by atoms with E-state index in [4.69, 9.17) is 0 Å². The molecule has 0 radical (unpaired) electrons. The maximum Gasteiger partial charge on any atom is 0.256 e. The molecule has 0 aliphatic carbocycles. The molecule has 0 aliphatic heterocycles. The average molecular weight is 440 g/mol. The summed E-state index contributed by atoms with van der Waals surface area (Å²) in [4.78, 5) is 15.5. The van der Waals surface area contributed by atoms with Crippen LogP contribution in [0, 0.1) is 5.82 Å². The predicted molar refractivity (Wildman–Crippen MR) is 126 cm³/mol. The summed E-state index contributed by atoms with van der Waals surface area (Å²) in [7, 11) is 0. The number of hydrogen-bond acceptors (Lipinski definition) is 3. The average Bonchev–Trinajstić information content (AvgIpc) is 3.47. The number of benzene rings is 1. The van der Waals surface area contributed by atoms with Crippen LogP contribution < -0.4 is 5.32 Å². The van der Waals surface area contributed by atoms with Crippen LogP contribution in [0.3, 0.4) is 0 Å². The Labute approximate surface area is 190 Å². The highest BCUT2D eigenvalue weighted by atomic mass is 19.1. The van der Waals surface area contributed by atoms with Crippen LogP contribution in [-0.2, 0) is 0 Å². The number of unbranched alkanes of at least 4 members (excludes halogenated alkanes) is 2. The standard InChI is InChI=1S/C25H34FN5O/c1-3-5-14-29(15-6-4-2)16-10-13-27-24(32)23-20-28-31(22-12-9-11-21(26)19-22)25(23)30-17-7-8-18-30/h7-9,11-12,17-20H,3-6,10,13-16H2,1-2H3,(H,27,32). The third-order valence-electron chi connectivity index (χ3n) is 5.48. The Morgan fingerprint density at radius 2 is 1.72 bits per heavy atom. The lowest BCUT2D eigenvalue weighted by Gasteiger charge is -2.21. The van der Waals surface area contributed by atoms with Gasteiger partial charge in [-0.2, -0.15) is 5.10 Å². The van der Waals surface area contributed by atoms with E-state index in [1.54, 1.807) is 23.0 Å². The lowest BCUT2D eigenvalue weighted by Crippen LogP contribution is -2.31. The van der Waals surface area contributed by atoms with Gasteiger partial charge in [-0.1, -0.05) is 32.8 Å². The minimum Gasteiger partial charge on any atom is -0.352 e. The molecule has 1 aromatic carbocycles. The molecule has 7 heteroatoms. The second-order valence-electron chi connectivity index (χ2n) is 8.02. The summed E-state index contributed by atoms with van der Waals surface area (Å²) in [6, 6.07) is 9.96. The van der Waals surface area contributed by atoms with Crippen LogP contribution in [0.25, 0.3) is 11.5 Å². The molecule has 2 aromatic heterocycles. The molecule has 0 unspecified atom stereocenters. The van der Waals surface area contributed by atoms with Crippen molar-refractivity contribution in [1.29, 1.82) is 0 Å². The van der Waals surface area contributed by atoms with Gasteiger partial charge in [0.15, 0.2) is 5.82 Å². The number of hydrogen-bond donors (Lipinski definition) is 1. The second-order valence-corrected chi connectivity index (χ2v) is 8.02. The Kier molecular flexibility index (Phi) is 9.04. The molecule has 6 nitrogen and oxygen atoms in total. The molecule has 1 amide bonds. The Morgan fingerprint density at radius 1 is 1.03 bits per heavy atom. The van der Waals surface area contributed by atoms with E-state index in [-0.39, 0.29) is 11.7 Å². The van der Waals surface area contributed by atoms with Crippen molar-refractivity contribution in [2.24, 2.45) is 0 Å². The SMILES string of the molecule is CCCCN(CCCC)CCCNC(=O)c1cnn(-c2cccc(F)c2)c1-n1cccc1. The zero-order valence-corrected chi connectivity index (χ0v) is 19.1. The zero-order valence-electron chi connectivity index (χ0n) is 19.1. The summed E-state index contributed by atoms with van der Waals surface area (Å²) in [5, 5.41) is 7.43. The van der Waals surface area contributed by atoms with Gasteiger partial charge in [-0.3, -0.25) is 4.79 Å². The molecular weight excluding hydrogens is 405 g/mol. The highest BCUT2D eigenvalue weighted by Crippen LogP contribution is 2.20. The van der Waals surface area contributed by atoms with Gasteiger partial charge in [0.25, 0.3) is 5.91 Å². The second kappa shape index (κ2) is 12.2. The monoisotopic (exact) mass is 439 g/mol. The van der Waals surface area contributed by atoms with Crippen LogP contribution in [0.1, 0.15) is 56.3 Å². The van der Waals surface area contributed by atoms with Crippen LogP contribution in [0.4, 0.5) is 4.39 Å². The molecule has 0 spiro atoms. The first-order valence-corrected chi connectivity index (χ1v) is 11.6. The van der Waals surface area contributed by atoms with Gasteiger partial charge in [-0.15, -0.1) is 0 Å². The molecule has 1 N–H and O–H groups in total. The van der Waals surface area contributed by atoms with Gasteiger partial charge in [-0.05, 0) is 69.2 Å². The van der Waals surface area contributed by atoms with Crippen LogP contribution in [-0.4, -0.2) is 51.3 Å². The van der Waals surface area contributed by atoms with Crippen molar-refractivity contribution in [2.75, 3.05) is 26.2 Å². The highest BCUT2D eigenvalue weighted by Gasteiger charge is 2.20. The third kappa shape index (κ3) is 6.29. The molecule has 172 valence electrons. The molecule has 0 saturated carbocycles. The number of rotatable bonds is 13. The number of halogens is 1. The van der Waals surface area contributed by atoms with E-state index in [1.165, 1.54) is 37.8 Å². The van der Waals surface area contributed by atoms with E-state index in [9.17, 15) is 9.18 Å². The number of nitrogens with one attached hydrogen (secondary N) is 1. The van der Waals surface area contributed by atoms with Gasteiger partial charge >= 0.3 is 0 Å². The quantitative estimate of drug-likeness (QED) is 0.388. The Hall–Kier alpha value is -2.93. The van der Waals surface area contributed by atoms with Crippen LogP contribution in [0.5, 0.6) is 0 Å². The fourth-order valence-electron chi connectivity index (χ4n) is 3.72. The largest absolute Gasteiger partial charge is 0.352 e. The van der Waals surface area contributed by atoms with Crippen molar-refractivity contribution in [2.45, 2.75) is 46.0 Å². The van der Waals surface area contributed by atoms with Crippen molar-refractivity contribution in [3.05, 3.63) is 66.4 Å². The van der Waals surface area contributed by atoms with Gasteiger partial charge < -0.3 is 14.8 Å². The number of carbonyl (C=O) groups excluding carboxylic acids is 1. The number of amides is 1. The van der Waals surface area contributed by atoms with Crippen LogP contribution in [0.15, 0.2) is 55.0 Å². The molecule has 32 heavy (non-hydrogen) atoms. The maximum atomic E-state index is 13.8. The topological polar surface area (TPSA) is 55.1 Å². The zero-order chi connectivity index (χ0) is 22.8. The van der Waals surface area contributed by atoms with Crippen molar-refractivity contribution in [3.63, 3.8) is 0 Å². The van der Waals surface area contributed by atoms with Crippen LogP contribution >= 0.6 is 0 Å². The first-order chi connectivity index (χ1) is 15.6. The molecule has 3 aromatic rings. The van der Waals surface area contributed by atoms with Gasteiger partial charge in [0.2, 0.25) is 0 Å². The molecular formula is C25H34FN5O. The van der Waals surface area contributed by atoms with E-state index in [1.807, 2.05) is 29.1 Å². The summed E-state index contributed by atoms with van der Waals surface area (Å²) in [6.07, 6.45) is 10.9. The number of aromatic nitrogens is 3. The van der Waals surface area contributed by atoms with E-state index in [0.717, 1.165) is 26.1 Å². The maximum absolute atomic E-state index is 13.8. The molecule has 0 fully saturated rings. The van der Waals surface area contributed by atoms with E-state index in [0.29, 0.717) is 23.6 Å². The Balaban J connectivity index is 1.68. The first-order valence-electron chi connectivity index (χ1n) is 11.6. The fourth-order valence-corrected chi connectivity index (χ4v) is 3.72. The number of nitrogens with zero attached hydrogens (tertiary/aromatic N) is 4. The van der Waals surface area contributed by atoms with Gasteiger partial charge in [0.05, 0.1) is 11.9 Å². The summed E-state index contributed by atoms with van der Waals surface area (Å²) in [5.41, 5.74) is 1.02. The van der Waals surface area contributed by atoms with E-state index < -0.39 is 0 Å². The molecule has 3 rings (SSSR count). The lowest BCUT2D eigenvalue weighted by atomic mass is 10.2. The molecule has 0 bridgehead atoms. The molecule has 2 heterocycles. The third-order valence-corrected chi connectivity index (χ3v) is 5.48. The Morgan fingerprint density at radius 3 is 2.38 bits per heavy atom. The van der Waals surface area contributed by atoms with Crippen molar-refractivity contribution < 1.29 is 9.18 Å². The van der Waals surface area contributed by atoms with Crippen molar-refractivity contribution >= 4 is 5.91 Å². The van der Waals surface area contributed by atoms with Gasteiger partial charge in [0.1, 0.15) is 11.4 Å². The first kappa shape index (κ1) is 23.7. The molecule has 0 aliphatic rings. The van der Waals surface area contributed by atoms with Crippen LogP contribution in [0.2, 0.25) is 0 Å². The normalized spacial score (nSPS) is 11.2. The summed E-state index contributed by atoms with van der Waals surface area (Å²) < 4.78 is 17.2. The van der Waals surface area contributed by atoms with E-state index >= 15 is 0 Å². The Bertz CT molecular complexity index is 959.